The first-order valence-electron chi connectivity index (χ1n) is 8.01. The molecule has 1 aromatic heterocycles. The van der Waals surface area contributed by atoms with Crippen molar-refractivity contribution in [2.75, 3.05) is 38.0 Å². The molecule has 0 aromatic carbocycles. The summed E-state index contributed by atoms with van der Waals surface area (Å²) in [5, 5.41) is 3.23. The van der Waals surface area contributed by atoms with Gasteiger partial charge in [0.25, 0.3) is 5.91 Å². The molecule has 1 aromatic rings. The SMILES string of the molecule is CCNc1cnccc1C(=O)N1CCC(N2CCCC2)C1. The first-order chi connectivity index (χ1) is 10.3. The predicted molar refractivity (Wildman–Crippen MR) is 83.5 cm³/mol. The number of pyridine rings is 1. The maximum Gasteiger partial charge on any atom is 0.256 e. The maximum absolute atomic E-state index is 12.7. The molecule has 0 bridgehead atoms. The molecule has 3 rings (SSSR count). The molecule has 5 nitrogen and oxygen atoms in total. The number of carbonyl (C=O) groups is 1. The number of nitrogens with one attached hydrogen (secondary N) is 1. The molecule has 1 N–H and O–H groups in total. The second-order valence-electron chi connectivity index (χ2n) is 5.89. The molecule has 0 aliphatic carbocycles. The number of amides is 1. The van der Waals surface area contributed by atoms with Crippen LogP contribution >= 0.6 is 0 Å². The molecule has 5 heteroatoms. The van der Waals surface area contributed by atoms with Crippen molar-refractivity contribution in [3.8, 4) is 0 Å². The fourth-order valence-electron chi connectivity index (χ4n) is 3.41. The number of anilines is 1. The standard InChI is InChI=1S/C16H24N4O/c1-2-18-15-11-17-7-5-14(15)16(21)20-10-6-13(12-20)19-8-3-4-9-19/h5,7,11,13,18H,2-4,6,8-10,12H2,1H3. The van der Waals surface area contributed by atoms with E-state index < -0.39 is 0 Å². The van der Waals surface area contributed by atoms with Crippen LogP contribution in [0.3, 0.4) is 0 Å². The molecule has 1 atom stereocenters. The van der Waals surface area contributed by atoms with E-state index in [4.69, 9.17) is 0 Å². The molecule has 0 spiro atoms. The predicted octanol–water partition coefficient (Wildman–Crippen LogP) is 1.82. The van der Waals surface area contributed by atoms with Crippen LogP contribution in [-0.4, -0.2) is 59.5 Å². The van der Waals surface area contributed by atoms with E-state index in [0.717, 1.165) is 37.3 Å². The highest BCUT2D eigenvalue weighted by Gasteiger charge is 2.32. The van der Waals surface area contributed by atoms with Crippen LogP contribution in [0, 0.1) is 0 Å². The lowest BCUT2D eigenvalue weighted by atomic mass is 10.2. The lowest BCUT2D eigenvalue weighted by Gasteiger charge is -2.24. The quantitative estimate of drug-likeness (QED) is 0.918. The van der Waals surface area contributed by atoms with E-state index in [9.17, 15) is 4.79 Å². The first-order valence-corrected chi connectivity index (χ1v) is 8.01. The van der Waals surface area contributed by atoms with E-state index in [-0.39, 0.29) is 5.91 Å². The van der Waals surface area contributed by atoms with E-state index in [2.05, 4.69) is 15.2 Å². The summed E-state index contributed by atoms with van der Waals surface area (Å²) in [6.07, 6.45) is 7.15. The normalized spacial score (nSPS) is 22.7. The molecule has 114 valence electrons. The van der Waals surface area contributed by atoms with Crippen LogP contribution in [0.1, 0.15) is 36.5 Å². The highest BCUT2D eigenvalue weighted by atomic mass is 16.2. The second kappa shape index (κ2) is 6.43. The molecular weight excluding hydrogens is 264 g/mol. The third-order valence-corrected chi connectivity index (χ3v) is 4.53. The largest absolute Gasteiger partial charge is 0.383 e. The Kier molecular flexibility index (Phi) is 4.39. The minimum atomic E-state index is 0.134. The van der Waals surface area contributed by atoms with Crippen LogP contribution in [0.5, 0.6) is 0 Å². The van der Waals surface area contributed by atoms with Gasteiger partial charge in [0.1, 0.15) is 0 Å². The summed E-state index contributed by atoms with van der Waals surface area (Å²) in [6.45, 7) is 6.96. The summed E-state index contributed by atoms with van der Waals surface area (Å²) in [5.74, 6) is 0.134. The number of carbonyl (C=O) groups excluding carboxylic acids is 1. The van der Waals surface area contributed by atoms with Gasteiger partial charge >= 0.3 is 0 Å². The molecule has 1 amide bonds. The second-order valence-corrected chi connectivity index (χ2v) is 5.89. The van der Waals surface area contributed by atoms with E-state index in [1.165, 1.54) is 25.9 Å². The fourth-order valence-corrected chi connectivity index (χ4v) is 3.41. The zero-order valence-corrected chi connectivity index (χ0v) is 12.7. The van der Waals surface area contributed by atoms with Crippen LogP contribution < -0.4 is 5.32 Å². The van der Waals surface area contributed by atoms with Crippen LogP contribution in [-0.2, 0) is 0 Å². The first kappa shape index (κ1) is 14.3. The molecule has 2 aliphatic rings. The lowest BCUT2D eigenvalue weighted by Crippen LogP contribution is -2.37. The molecule has 2 fully saturated rings. The smallest absolute Gasteiger partial charge is 0.256 e. The summed E-state index contributed by atoms with van der Waals surface area (Å²) in [6, 6.07) is 2.38. The molecule has 2 aliphatic heterocycles. The minimum absolute atomic E-state index is 0.134. The van der Waals surface area contributed by atoms with Gasteiger partial charge in [0.05, 0.1) is 17.4 Å². The Labute approximate surface area is 126 Å². The van der Waals surface area contributed by atoms with E-state index in [1.54, 1.807) is 12.4 Å². The van der Waals surface area contributed by atoms with Crippen molar-refractivity contribution >= 4 is 11.6 Å². The number of hydrogen-bond donors (Lipinski definition) is 1. The molecule has 3 heterocycles. The molecule has 1 unspecified atom stereocenters. The van der Waals surface area contributed by atoms with Crippen molar-refractivity contribution in [2.45, 2.75) is 32.2 Å². The van der Waals surface area contributed by atoms with Gasteiger partial charge in [0, 0.05) is 31.9 Å². The van der Waals surface area contributed by atoms with E-state index in [0.29, 0.717) is 6.04 Å². The van der Waals surface area contributed by atoms with E-state index in [1.807, 2.05) is 17.9 Å². The monoisotopic (exact) mass is 288 g/mol. The molecule has 2 saturated heterocycles. The average molecular weight is 288 g/mol. The minimum Gasteiger partial charge on any atom is -0.383 e. The molecule has 0 saturated carbocycles. The van der Waals surface area contributed by atoms with Crippen LogP contribution in [0.2, 0.25) is 0 Å². The number of hydrogen-bond acceptors (Lipinski definition) is 4. The van der Waals surface area contributed by atoms with Crippen LogP contribution in [0.4, 0.5) is 5.69 Å². The van der Waals surface area contributed by atoms with Gasteiger partial charge in [-0.25, -0.2) is 0 Å². The molecular formula is C16H24N4O. The van der Waals surface area contributed by atoms with E-state index >= 15 is 0 Å². The number of likely N-dealkylation sites (tertiary alicyclic amines) is 2. The number of nitrogens with zero attached hydrogens (tertiary/aromatic N) is 3. The van der Waals surface area contributed by atoms with Gasteiger partial charge in [-0.3, -0.25) is 14.7 Å². The highest BCUT2D eigenvalue weighted by molar-refractivity contribution is 5.99. The van der Waals surface area contributed by atoms with Gasteiger partial charge < -0.3 is 10.2 Å². The Morgan fingerprint density at radius 3 is 2.95 bits per heavy atom. The van der Waals surface area contributed by atoms with Crippen LogP contribution in [0.25, 0.3) is 0 Å². The topological polar surface area (TPSA) is 48.5 Å². The van der Waals surface area contributed by atoms with Gasteiger partial charge in [-0.2, -0.15) is 0 Å². The van der Waals surface area contributed by atoms with Crippen molar-refractivity contribution in [3.05, 3.63) is 24.0 Å². The van der Waals surface area contributed by atoms with Crippen LogP contribution in [0.15, 0.2) is 18.5 Å². The van der Waals surface area contributed by atoms with Gasteiger partial charge in [-0.1, -0.05) is 0 Å². The van der Waals surface area contributed by atoms with Gasteiger partial charge in [0.2, 0.25) is 0 Å². The maximum atomic E-state index is 12.7. The Hall–Kier alpha value is -1.62. The Bertz CT molecular complexity index is 499. The summed E-state index contributed by atoms with van der Waals surface area (Å²) in [7, 11) is 0. The summed E-state index contributed by atoms with van der Waals surface area (Å²) in [4.78, 5) is 21.4. The number of aromatic nitrogens is 1. The third-order valence-electron chi connectivity index (χ3n) is 4.53. The van der Waals surface area contributed by atoms with Gasteiger partial charge in [-0.15, -0.1) is 0 Å². The third kappa shape index (κ3) is 3.02. The lowest BCUT2D eigenvalue weighted by molar-refractivity contribution is 0.0781. The summed E-state index contributed by atoms with van der Waals surface area (Å²) in [5.41, 5.74) is 1.59. The average Bonchev–Trinajstić information content (AvgIpc) is 3.18. The zero-order chi connectivity index (χ0) is 14.7. The summed E-state index contributed by atoms with van der Waals surface area (Å²) < 4.78 is 0. The highest BCUT2D eigenvalue weighted by Crippen LogP contribution is 2.23. The summed E-state index contributed by atoms with van der Waals surface area (Å²) >= 11 is 0. The Morgan fingerprint density at radius 1 is 1.38 bits per heavy atom. The van der Waals surface area contributed by atoms with Crippen molar-refractivity contribution in [1.82, 2.24) is 14.8 Å². The fraction of sp³-hybridized carbons (Fsp3) is 0.625. The van der Waals surface area contributed by atoms with Crippen molar-refractivity contribution in [3.63, 3.8) is 0 Å². The van der Waals surface area contributed by atoms with Crippen molar-refractivity contribution < 1.29 is 4.79 Å². The Morgan fingerprint density at radius 2 is 2.19 bits per heavy atom. The zero-order valence-electron chi connectivity index (χ0n) is 12.7. The van der Waals surface area contributed by atoms with Crippen molar-refractivity contribution in [2.24, 2.45) is 0 Å². The van der Waals surface area contributed by atoms with Gasteiger partial charge in [0.15, 0.2) is 0 Å². The van der Waals surface area contributed by atoms with Crippen molar-refractivity contribution in [1.29, 1.82) is 0 Å². The Balaban J connectivity index is 1.68. The molecule has 21 heavy (non-hydrogen) atoms. The van der Waals surface area contributed by atoms with Gasteiger partial charge in [-0.05, 0) is 45.3 Å². The molecule has 0 radical (unpaired) electrons. The number of rotatable bonds is 4.